The number of nitrogens with one attached hydrogen (secondary N) is 1. The first-order valence-corrected chi connectivity index (χ1v) is 11.0. The van der Waals surface area contributed by atoms with Gasteiger partial charge in [-0.25, -0.2) is 0 Å². The smallest absolute Gasteiger partial charge is 0.233 e. The van der Waals surface area contributed by atoms with Crippen molar-refractivity contribution in [3.63, 3.8) is 0 Å². The van der Waals surface area contributed by atoms with Gasteiger partial charge in [0.25, 0.3) is 0 Å². The van der Waals surface area contributed by atoms with Gasteiger partial charge >= 0.3 is 0 Å². The molecule has 1 amide bonds. The normalized spacial score (nSPS) is 17.0. The van der Waals surface area contributed by atoms with Gasteiger partial charge in [-0.05, 0) is 37.5 Å². The van der Waals surface area contributed by atoms with Crippen molar-refractivity contribution in [2.45, 2.75) is 42.8 Å². The van der Waals surface area contributed by atoms with Crippen molar-refractivity contribution in [1.29, 1.82) is 0 Å². The molecule has 0 saturated carbocycles. The summed E-state index contributed by atoms with van der Waals surface area (Å²) < 4.78 is 7.64. The van der Waals surface area contributed by atoms with Crippen LogP contribution in [0.2, 0.25) is 0 Å². The van der Waals surface area contributed by atoms with Crippen LogP contribution in [0.25, 0.3) is 11.4 Å². The predicted octanol–water partition coefficient (Wildman–Crippen LogP) is 3.16. The molecule has 1 aromatic carbocycles. The molecule has 4 rings (SSSR count). The Hall–Kier alpha value is -2.71. The summed E-state index contributed by atoms with van der Waals surface area (Å²) >= 11 is 1.42. The Labute approximate surface area is 180 Å². The van der Waals surface area contributed by atoms with E-state index in [0.29, 0.717) is 18.2 Å². The summed E-state index contributed by atoms with van der Waals surface area (Å²) in [7, 11) is 0. The van der Waals surface area contributed by atoms with Gasteiger partial charge in [-0.3, -0.25) is 14.3 Å². The summed E-state index contributed by atoms with van der Waals surface area (Å²) in [5, 5.41) is 12.2. The molecule has 30 heavy (non-hydrogen) atoms. The maximum Gasteiger partial charge on any atom is 0.233 e. The van der Waals surface area contributed by atoms with E-state index in [1.54, 1.807) is 12.4 Å². The molecule has 0 radical (unpaired) electrons. The van der Waals surface area contributed by atoms with E-state index >= 15 is 0 Å². The quantitative estimate of drug-likeness (QED) is 0.561. The molecule has 1 aliphatic rings. The zero-order chi connectivity index (χ0) is 20.8. The van der Waals surface area contributed by atoms with Crippen LogP contribution in [0.3, 0.4) is 0 Å². The van der Waals surface area contributed by atoms with E-state index in [1.807, 2.05) is 37.3 Å². The zero-order valence-electron chi connectivity index (χ0n) is 16.9. The molecule has 8 heteroatoms. The minimum Gasteiger partial charge on any atom is -0.376 e. The number of amides is 1. The number of aromatic nitrogens is 4. The Balaban J connectivity index is 1.51. The SMILES string of the molecule is C[C@@H](Sc1nnc(-c2ccncc2)n1Cc1ccccc1)C(=O)NC[C@H]1CCCO1. The van der Waals surface area contributed by atoms with Crippen LogP contribution < -0.4 is 5.32 Å². The van der Waals surface area contributed by atoms with Crippen molar-refractivity contribution < 1.29 is 9.53 Å². The highest BCUT2D eigenvalue weighted by molar-refractivity contribution is 8.00. The predicted molar refractivity (Wildman–Crippen MR) is 116 cm³/mol. The highest BCUT2D eigenvalue weighted by atomic mass is 32.2. The van der Waals surface area contributed by atoms with Crippen molar-refractivity contribution >= 4 is 17.7 Å². The molecular formula is C22H25N5O2S. The standard InChI is InChI=1S/C22H25N5O2S/c1-16(21(28)24-14-19-8-5-13-29-19)30-22-26-25-20(18-9-11-23-12-10-18)27(22)15-17-6-3-2-4-7-17/h2-4,6-7,9-12,16,19H,5,8,13-15H2,1H3,(H,24,28)/t16-,19-/m1/s1. The average Bonchev–Trinajstić information content (AvgIpc) is 3.44. The number of hydrogen-bond acceptors (Lipinski definition) is 6. The summed E-state index contributed by atoms with van der Waals surface area (Å²) in [6.07, 6.45) is 5.68. The Morgan fingerprint density at radius 1 is 1.23 bits per heavy atom. The average molecular weight is 424 g/mol. The number of rotatable bonds is 8. The molecule has 1 N–H and O–H groups in total. The maximum absolute atomic E-state index is 12.6. The third-order valence-corrected chi connectivity index (χ3v) is 6.10. The number of ether oxygens (including phenoxy) is 1. The van der Waals surface area contributed by atoms with Crippen molar-refractivity contribution in [2.24, 2.45) is 0 Å². The number of hydrogen-bond donors (Lipinski definition) is 1. The van der Waals surface area contributed by atoms with Crippen LogP contribution in [0.4, 0.5) is 0 Å². The van der Waals surface area contributed by atoms with Gasteiger partial charge in [-0.2, -0.15) is 0 Å². The Morgan fingerprint density at radius 2 is 2.03 bits per heavy atom. The van der Waals surface area contributed by atoms with Crippen molar-refractivity contribution in [3.05, 3.63) is 60.4 Å². The van der Waals surface area contributed by atoms with E-state index < -0.39 is 0 Å². The molecule has 1 fully saturated rings. The number of pyridine rings is 1. The van der Waals surface area contributed by atoms with Gasteiger partial charge in [0.2, 0.25) is 5.91 Å². The first kappa shape index (κ1) is 20.6. The van der Waals surface area contributed by atoms with Crippen LogP contribution in [-0.2, 0) is 16.1 Å². The number of thioether (sulfide) groups is 1. The van der Waals surface area contributed by atoms with Gasteiger partial charge in [0, 0.05) is 31.1 Å². The van der Waals surface area contributed by atoms with Crippen LogP contribution in [0.5, 0.6) is 0 Å². The lowest BCUT2D eigenvalue weighted by Crippen LogP contribution is -2.36. The third kappa shape index (κ3) is 5.06. The number of benzene rings is 1. The highest BCUT2D eigenvalue weighted by Gasteiger charge is 2.23. The summed E-state index contributed by atoms with van der Waals surface area (Å²) in [5.74, 6) is 0.742. The van der Waals surface area contributed by atoms with Gasteiger partial charge in [-0.15, -0.1) is 10.2 Å². The fraction of sp³-hybridized carbons (Fsp3) is 0.364. The molecule has 2 aromatic heterocycles. The van der Waals surface area contributed by atoms with Crippen molar-refractivity contribution in [1.82, 2.24) is 25.1 Å². The Morgan fingerprint density at radius 3 is 2.77 bits per heavy atom. The molecule has 7 nitrogen and oxygen atoms in total. The van der Waals surface area contributed by atoms with E-state index in [0.717, 1.165) is 36.4 Å². The summed E-state index contributed by atoms with van der Waals surface area (Å²) in [5.41, 5.74) is 2.08. The van der Waals surface area contributed by atoms with E-state index in [-0.39, 0.29) is 17.3 Å². The van der Waals surface area contributed by atoms with Gasteiger partial charge in [0.15, 0.2) is 11.0 Å². The van der Waals surface area contributed by atoms with E-state index in [2.05, 4.69) is 37.2 Å². The molecule has 156 valence electrons. The number of carbonyl (C=O) groups is 1. The first-order valence-electron chi connectivity index (χ1n) is 10.1. The van der Waals surface area contributed by atoms with E-state index in [4.69, 9.17) is 4.74 Å². The molecule has 3 heterocycles. The lowest BCUT2D eigenvalue weighted by atomic mass is 10.2. The number of nitrogens with zero attached hydrogens (tertiary/aromatic N) is 4. The van der Waals surface area contributed by atoms with Crippen LogP contribution in [0.15, 0.2) is 60.0 Å². The second kappa shape index (κ2) is 9.86. The Kier molecular flexibility index (Phi) is 6.76. The fourth-order valence-electron chi connectivity index (χ4n) is 3.37. The molecule has 1 saturated heterocycles. The van der Waals surface area contributed by atoms with E-state index in [9.17, 15) is 4.79 Å². The molecule has 0 aliphatic carbocycles. The lowest BCUT2D eigenvalue weighted by Gasteiger charge is -2.15. The van der Waals surface area contributed by atoms with Crippen LogP contribution in [0.1, 0.15) is 25.3 Å². The summed E-state index contributed by atoms with van der Waals surface area (Å²) in [6.45, 7) is 3.86. The molecule has 1 aliphatic heterocycles. The third-order valence-electron chi connectivity index (χ3n) is 5.02. The number of carbonyl (C=O) groups excluding carboxylic acids is 1. The fourth-order valence-corrected chi connectivity index (χ4v) is 4.25. The first-order chi connectivity index (χ1) is 14.7. The monoisotopic (exact) mass is 423 g/mol. The van der Waals surface area contributed by atoms with Crippen LogP contribution >= 0.6 is 11.8 Å². The molecule has 0 bridgehead atoms. The van der Waals surface area contributed by atoms with Gasteiger partial charge in [0.1, 0.15) is 0 Å². The highest BCUT2D eigenvalue weighted by Crippen LogP contribution is 2.27. The minimum absolute atomic E-state index is 0.0183. The zero-order valence-corrected chi connectivity index (χ0v) is 17.7. The molecule has 0 spiro atoms. The lowest BCUT2D eigenvalue weighted by molar-refractivity contribution is -0.120. The summed E-state index contributed by atoms with van der Waals surface area (Å²) in [4.78, 5) is 16.7. The molecule has 2 atom stereocenters. The maximum atomic E-state index is 12.6. The molecule has 0 unspecified atom stereocenters. The van der Waals surface area contributed by atoms with Crippen molar-refractivity contribution in [2.75, 3.05) is 13.2 Å². The van der Waals surface area contributed by atoms with Crippen LogP contribution in [0, 0.1) is 0 Å². The van der Waals surface area contributed by atoms with Gasteiger partial charge in [-0.1, -0.05) is 42.1 Å². The Bertz CT molecular complexity index is 958. The molecule has 3 aromatic rings. The second-order valence-corrected chi connectivity index (χ2v) is 8.56. The van der Waals surface area contributed by atoms with Crippen LogP contribution in [-0.4, -0.2) is 50.2 Å². The largest absolute Gasteiger partial charge is 0.376 e. The second-order valence-electron chi connectivity index (χ2n) is 7.25. The van der Waals surface area contributed by atoms with Gasteiger partial charge in [0.05, 0.1) is 17.9 Å². The minimum atomic E-state index is -0.296. The van der Waals surface area contributed by atoms with E-state index in [1.165, 1.54) is 11.8 Å². The van der Waals surface area contributed by atoms with Crippen molar-refractivity contribution in [3.8, 4) is 11.4 Å². The topological polar surface area (TPSA) is 81.9 Å². The molecular weight excluding hydrogens is 398 g/mol. The summed E-state index contributed by atoms with van der Waals surface area (Å²) in [6, 6.07) is 14.0. The van der Waals surface area contributed by atoms with Gasteiger partial charge < -0.3 is 10.1 Å².